The fraction of sp³-hybridized carbons (Fsp3) is 0.324. The largest absolute Gasteiger partial charge is 0.501 e. The van der Waals surface area contributed by atoms with Crippen molar-refractivity contribution in [2.75, 3.05) is 20.8 Å². The van der Waals surface area contributed by atoms with Crippen molar-refractivity contribution >= 4 is 17.8 Å². The molecule has 4 rings (SSSR count). The zero-order chi connectivity index (χ0) is 30.8. The number of ether oxygens (including phenoxy) is 3. The molecule has 0 spiro atoms. The minimum Gasteiger partial charge on any atom is -0.501 e. The Kier molecular flexibility index (Phi) is 11.6. The molecule has 0 aliphatic carbocycles. The predicted molar refractivity (Wildman–Crippen MR) is 166 cm³/mol. The maximum atomic E-state index is 15.1. The van der Waals surface area contributed by atoms with Crippen molar-refractivity contribution in [3.05, 3.63) is 106 Å². The van der Waals surface area contributed by atoms with Crippen LogP contribution in [0.25, 0.3) is 11.8 Å². The second kappa shape index (κ2) is 15.6. The molecule has 1 aromatic heterocycles. The van der Waals surface area contributed by atoms with Crippen LogP contribution in [0.1, 0.15) is 61.2 Å². The van der Waals surface area contributed by atoms with Crippen LogP contribution in [0.3, 0.4) is 0 Å². The van der Waals surface area contributed by atoms with Gasteiger partial charge < -0.3 is 14.2 Å². The third kappa shape index (κ3) is 8.16. The standard InChI is InChI=1S/C34H37F3N2O3S/c1-5-7-8-9-30-31(20-23-10-15-32(40-3)33(21-23)41-4)39(26-13-11-25(35)12-14-26)34(38-30)43-22-27-28(36)18-24(19-29(27)37)16-17-42-6-2/h10-19,21H,5-9,20,22H2,1-4H3/b17-16+. The first-order chi connectivity index (χ1) is 20.9. The fourth-order valence-corrected chi connectivity index (χ4v) is 5.82. The van der Waals surface area contributed by atoms with Crippen LogP contribution in [0.15, 0.2) is 66.0 Å². The van der Waals surface area contributed by atoms with Crippen LogP contribution < -0.4 is 9.47 Å². The van der Waals surface area contributed by atoms with Gasteiger partial charge in [0, 0.05) is 23.4 Å². The molecular weight excluding hydrogens is 573 g/mol. The van der Waals surface area contributed by atoms with E-state index in [1.807, 2.05) is 29.7 Å². The summed E-state index contributed by atoms with van der Waals surface area (Å²) in [6, 6.07) is 14.5. The molecule has 43 heavy (non-hydrogen) atoms. The molecule has 0 saturated carbocycles. The molecule has 3 aromatic carbocycles. The Bertz CT molecular complexity index is 1510. The van der Waals surface area contributed by atoms with Gasteiger partial charge in [-0.15, -0.1) is 0 Å². The SMILES string of the molecule is CCCCCc1nc(SCc2c(F)cc(/C=C/OCC)cc2F)n(-c2ccc(F)cc2)c1Cc1ccc(OC)c(OC)c1. The molecule has 228 valence electrons. The van der Waals surface area contributed by atoms with Gasteiger partial charge >= 0.3 is 0 Å². The van der Waals surface area contributed by atoms with Crippen LogP contribution in [0, 0.1) is 17.5 Å². The van der Waals surface area contributed by atoms with E-state index in [9.17, 15) is 4.39 Å². The number of aryl methyl sites for hydroxylation is 1. The molecule has 0 fully saturated rings. The lowest BCUT2D eigenvalue weighted by Gasteiger charge is -2.15. The van der Waals surface area contributed by atoms with Crippen LogP contribution in [-0.2, 0) is 23.3 Å². The third-order valence-corrected chi connectivity index (χ3v) is 7.94. The maximum Gasteiger partial charge on any atom is 0.173 e. The Labute approximate surface area is 255 Å². The van der Waals surface area contributed by atoms with Crippen LogP contribution in [0.2, 0.25) is 0 Å². The highest BCUT2D eigenvalue weighted by molar-refractivity contribution is 7.98. The molecule has 0 unspecified atom stereocenters. The van der Waals surface area contributed by atoms with Crippen LogP contribution in [0.4, 0.5) is 13.2 Å². The molecule has 0 radical (unpaired) electrons. The van der Waals surface area contributed by atoms with E-state index in [1.165, 1.54) is 48.4 Å². The third-order valence-electron chi connectivity index (χ3n) is 6.98. The minimum atomic E-state index is -0.641. The van der Waals surface area contributed by atoms with Gasteiger partial charge in [-0.1, -0.05) is 37.6 Å². The van der Waals surface area contributed by atoms with Crippen LogP contribution >= 0.6 is 11.8 Å². The number of nitrogens with zero attached hydrogens (tertiary/aromatic N) is 2. The highest BCUT2D eigenvalue weighted by Gasteiger charge is 2.21. The summed E-state index contributed by atoms with van der Waals surface area (Å²) < 4.78 is 62.2. The summed E-state index contributed by atoms with van der Waals surface area (Å²) in [4.78, 5) is 5.00. The summed E-state index contributed by atoms with van der Waals surface area (Å²) in [5, 5.41) is 0.577. The Morgan fingerprint density at radius 1 is 0.884 bits per heavy atom. The second-order valence-electron chi connectivity index (χ2n) is 9.93. The average Bonchev–Trinajstić information content (AvgIpc) is 3.33. The smallest absolute Gasteiger partial charge is 0.173 e. The molecule has 0 N–H and O–H groups in total. The van der Waals surface area contributed by atoms with E-state index in [4.69, 9.17) is 19.2 Å². The summed E-state index contributed by atoms with van der Waals surface area (Å²) in [7, 11) is 3.18. The quantitative estimate of drug-likeness (QED) is 0.0764. The number of imidazole rings is 1. The zero-order valence-electron chi connectivity index (χ0n) is 25.0. The molecule has 0 aliphatic rings. The lowest BCUT2D eigenvalue weighted by atomic mass is 10.0. The number of hydrogen-bond acceptors (Lipinski definition) is 5. The first-order valence-corrected chi connectivity index (χ1v) is 15.3. The number of thioether (sulfide) groups is 1. The number of methoxy groups -OCH3 is 2. The van der Waals surface area contributed by atoms with Gasteiger partial charge in [-0.05, 0) is 85.5 Å². The Balaban J connectivity index is 1.75. The summed E-state index contributed by atoms with van der Waals surface area (Å²) in [5.74, 6) is -0.378. The van der Waals surface area contributed by atoms with Gasteiger partial charge in [-0.3, -0.25) is 4.57 Å². The van der Waals surface area contributed by atoms with Crippen molar-refractivity contribution in [1.82, 2.24) is 9.55 Å². The van der Waals surface area contributed by atoms with Crippen molar-refractivity contribution in [2.45, 2.75) is 56.9 Å². The molecule has 9 heteroatoms. The van der Waals surface area contributed by atoms with Crippen LogP contribution in [-0.4, -0.2) is 30.4 Å². The number of rotatable bonds is 15. The zero-order valence-corrected chi connectivity index (χ0v) is 25.8. The molecule has 1 heterocycles. The monoisotopic (exact) mass is 610 g/mol. The molecule has 0 bridgehead atoms. The molecule has 0 atom stereocenters. The van der Waals surface area contributed by atoms with Crippen molar-refractivity contribution < 1.29 is 27.4 Å². The van der Waals surface area contributed by atoms with Gasteiger partial charge in [0.05, 0.1) is 38.5 Å². The number of halogens is 3. The summed E-state index contributed by atoms with van der Waals surface area (Å²) in [6.45, 7) is 4.44. The van der Waals surface area contributed by atoms with E-state index in [1.54, 1.807) is 26.4 Å². The van der Waals surface area contributed by atoms with E-state index in [0.29, 0.717) is 40.9 Å². The molecular formula is C34H37F3N2O3S. The highest BCUT2D eigenvalue weighted by atomic mass is 32.2. The van der Waals surface area contributed by atoms with Gasteiger partial charge in [-0.25, -0.2) is 18.2 Å². The summed E-state index contributed by atoms with van der Waals surface area (Å²) in [6.07, 6.45) is 7.23. The first-order valence-electron chi connectivity index (χ1n) is 14.3. The van der Waals surface area contributed by atoms with Gasteiger partial charge in [0.1, 0.15) is 17.5 Å². The molecule has 0 amide bonds. The van der Waals surface area contributed by atoms with E-state index < -0.39 is 11.6 Å². The second-order valence-corrected chi connectivity index (χ2v) is 10.9. The Morgan fingerprint density at radius 3 is 2.26 bits per heavy atom. The van der Waals surface area contributed by atoms with E-state index >= 15 is 8.78 Å². The van der Waals surface area contributed by atoms with Crippen molar-refractivity contribution in [2.24, 2.45) is 0 Å². The van der Waals surface area contributed by atoms with Crippen molar-refractivity contribution in [3.8, 4) is 17.2 Å². The molecule has 0 aliphatic heterocycles. The fourth-order valence-electron chi connectivity index (χ4n) is 4.75. The van der Waals surface area contributed by atoms with Crippen LogP contribution in [0.5, 0.6) is 11.5 Å². The maximum absolute atomic E-state index is 15.1. The lowest BCUT2D eigenvalue weighted by molar-refractivity contribution is 0.272. The van der Waals surface area contributed by atoms with Gasteiger partial charge in [-0.2, -0.15) is 0 Å². The normalized spacial score (nSPS) is 11.3. The Morgan fingerprint density at radius 2 is 1.60 bits per heavy atom. The first kappa shape index (κ1) is 32.1. The predicted octanol–water partition coefficient (Wildman–Crippen LogP) is 8.93. The van der Waals surface area contributed by atoms with Crippen molar-refractivity contribution in [1.29, 1.82) is 0 Å². The Hall–Kier alpha value is -3.85. The molecule has 5 nitrogen and oxygen atoms in total. The summed E-state index contributed by atoms with van der Waals surface area (Å²) >= 11 is 1.24. The lowest BCUT2D eigenvalue weighted by Crippen LogP contribution is -2.06. The average molecular weight is 611 g/mol. The van der Waals surface area contributed by atoms with E-state index in [2.05, 4.69) is 6.92 Å². The number of aromatic nitrogens is 2. The summed E-state index contributed by atoms with van der Waals surface area (Å²) in [5.41, 5.74) is 3.84. The molecule has 4 aromatic rings. The van der Waals surface area contributed by atoms with Gasteiger partial charge in [0.25, 0.3) is 0 Å². The van der Waals surface area contributed by atoms with Gasteiger partial charge in [0.15, 0.2) is 16.7 Å². The van der Waals surface area contributed by atoms with Crippen molar-refractivity contribution in [3.63, 3.8) is 0 Å². The topological polar surface area (TPSA) is 45.5 Å². The number of unbranched alkanes of at least 4 members (excludes halogenated alkanes) is 2. The number of benzene rings is 3. The molecule has 0 saturated heterocycles. The highest BCUT2D eigenvalue weighted by Crippen LogP contribution is 2.34. The van der Waals surface area contributed by atoms with E-state index in [-0.39, 0.29) is 17.1 Å². The minimum absolute atomic E-state index is 0.0233. The van der Waals surface area contributed by atoms with Gasteiger partial charge in [0.2, 0.25) is 0 Å². The number of hydrogen-bond donors (Lipinski definition) is 0. The van der Waals surface area contributed by atoms with E-state index in [0.717, 1.165) is 42.6 Å².